The fourth-order valence-electron chi connectivity index (χ4n) is 1.60. The minimum Gasteiger partial charge on any atom is -0.0622 e. The van der Waals surface area contributed by atoms with Crippen molar-refractivity contribution in [3.63, 3.8) is 0 Å². The molecule has 0 saturated heterocycles. The summed E-state index contributed by atoms with van der Waals surface area (Å²) in [5.41, 5.74) is 3.77. The normalized spacial score (nSPS) is 11.5. The monoisotopic (exact) mass is 272 g/mol. The Morgan fingerprint density at radius 3 is 2.19 bits per heavy atom. The first-order valence-corrected chi connectivity index (χ1v) is 6.04. The summed E-state index contributed by atoms with van der Waals surface area (Å²) < 4.78 is 1.11. The first-order valence-electron chi connectivity index (χ1n) is 5.25. The van der Waals surface area contributed by atoms with Gasteiger partial charge in [0, 0.05) is 4.47 Å². The molecular formula is C15H13Br. The van der Waals surface area contributed by atoms with Crippen molar-refractivity contribution in [2.75, 3.05) is 0 Å². The molecule has 0 bridgehead atoms. The average Bonchev–Trinajstić information content (AvgIpc) is 2.31. The van der Waals surface area contributed by atoms with Crippen LogP contribution in [0.4, 0.5) is 0 Å². The molecule has 0 aliphatic heterocycles. The Labute approximate surface area is 105 Å². The van der Waals surface area contributed by atoms with Gasteiger partial charge in [0.25, 0.3) is 0 Å². The number of benzene rings is 2. The first kappa shape index (κ1) is 11.2. The van der Waals surface area contributed by atoms with E-state index in [0.717, 1.165) is 4.47 Å². The van der Waals surface area contributed by atoms with Crippen LogP contribution in [0, 0.1) is 0 Å². The van der Waals surface area contributed by atoms with E-state index in [1.165, 1.54) is 16.7 Å². The molecule has 0 radical (unpaired) electrons. The van der Waals surface area contributed by atoms with E-state index in [1.807, 2.05) is 6.07 Å². The second-order valence-electron chi connectivity index (χ2n) is 3.74. The van der Waals surface area contributed by atoms with Crippen LogP contribution in [0.3, 0.4) is 0 Å². The van der Waals surface area contributed by atoms with Crippen LogP contribution >= 0.6 is 15.9 Å². The Morgan fingerprint density at radius 2 is 1.56 bits per heavy atom. The molecule has 0 heterocycles. The molecule has 2 rings (SSSR count). The standard InChI is InChI=1S/C15H13Br/c1-12(11-13-5-3-2-4-6-13)14-7-9-15(16)10-8-14/h2-11H,1H3/b12-11-. The average molecular weight is 273 g/mol. The van der Waals surface area contributed by atoms with Crippen molar-refractivity contribution >= 4 is 27.6 Å². The molecule has 80 valence electrons. The molecule has 0 aliphatic rings. The lowest BCUT2D eigenvalue weighted by molar-refractivity contribution is 1.55. The van der Waals surface area contributed by atoms with Crippen molar-refractivity contribution in [2.24, 2.45) is 0 Å². The quantitative estimate of drug-likeness (QED) is 0.675. The van der Waals surface area contributed by atoms with Gasteiger partial charge in [0.05, 0.1) is 0 Å². The molecule has 16 heavy (non-hydrogen) atoms. The highest BCUT2D eigenvalue weighted by Crippen LogP contribution is 2.19. The number of hydrogen-bond donors (Lipinski definition) is 0. The van der Waals surface area contributed by atoms with Gasteiger partial charge < -0.3 is 0 Å². The van der Waals surface area contributed by atoms with Crippen LogP contribution in [0.5, 0.6) is 0 Å². The molecule has 0 fully saturated rings. The van der Waals surface area contributed by atoms with Gasteiger partial charge in [-0.25, -0.2) is 0 Å². The van der Waals surface area contributed by atoms with Gasteiger partial charge >= 0.3 is 0 Å². The highest BCUT2D eigenvalue weighted by molar-refractivity contribution is 9.10. The Morgan fingerprint density at radius 1 is 0.938 bits per heavy atom. The third-order valence-electron chi connectivity index (χ3n) is 2.48. The Kier molecular flexibility index (Phi) is 3.58. The van der Waals surface area contributed by atoms with E-state index in [4.69, 9.17) is 0 Å². The largest absolute Gasteiger partial charge is 0.0622 e. The molecule has 0 nitrogen and oxygen atoms in total. The van der Waals surface area contributed by atoms with E-state index in [9.17, 15) is 0 Å². The lowest BCUT2D eigenvalue weighted by Gasteiger charge is -2.02. The molecule has 2 aromatic rings. The molecule has 0 spiro atoms. The lowest BCUT2D eigenvalue weighted by Crippen LogP contribution is -1.79. The summed E-state index contributed by atoms with van der Waals surface area (Å²) in [4.78, 5) is 0. The van der Waals surface area contributed by atoms with Gasteiger partial charge in [-0.2, -0.15) is 0 Å². The molecule has 1 heteroatoms. The SMILES string of the molecule is C/C(=C/c1ccccc1)c1ccc(Br)cc1. The number of hydrogen-bond acceptors (Lipinski definition) is 0. The summed E-state index contributed by atoms with van der Waals surface area (Å²) in [6.45, 7) is 2.14. The van der Waals surface area contributed by atoms with Crippen molar-refractivity contribution in [3.05, 3.63) is 70.2 Å². The minimum absolute atomic E-state index is 1.11. The zero-order chi connectivity index (χ0) is 11.4. The van der Waals surface area contributed by atoms with E-state index in [1.54, 1.807) is 0 Å². The summed E-state index contributed by atoms with van der Waals surface area (Å²) in [6.07, 6.45) is 2.20. The summed E-state index contributed by atoms with van der Waals surface area (Å²) in [5.74, 6) is 0. The van der Waals surface area contributed by atoms with Crippen molar-refractivity contribution < 1.29 is 0 Å². The van der Waals surface area contributed by atoms with Crippen molar-refractivity contribution in [2.45, 2.75) is 6.92 Å². The maximum atomic E-state index is 3.44. The van der Waals surface area contributed by atoms with E-state index < -0.39 is 0 Å². The molecule has 0 N–H and O–H groups in total. The van der Waals surface area contributed by atoms with Gasteiger partial charge in [-0.15, -0.1) is 0 Å². The minimum atomic E-state index is 1.11. The van der Waals surface area contributed by atoms with E-state index in [2.05, 4.69) is 77.5 Å². The van der Waals surface area contributed by atoms with E-state index >= 15 is 0 Å². The van der Waals surface area contributed by atoms with E-state index in [-0.39, 0.29) is 0 Å². The maximum Gasteiger partial charge on any atom is 0.0175 e. The zero-order valence-corrected chi connectivity index (χ0v) is 10.7. The van der Waals surface area contributed by atoms with Gasteiger partial charge in [0.2, 0.25) is 0 Å². The number of rotatable bonds is 2. The van der Waals surface area contributed by atoms with Crippen LogP contribution in [0.25, 0.3) is 11.6 Å². The van der Waals surface area contributed by atoms with Crippen LogP contribution in [-0.4, -0.2) is 0 Å². The van der Waals surface area contributed by atoms with Crippen molar-refractivity contribution in [3.8, 4) is 0 Å². The highest BCUT2D eigenvalue weighted by atomic mass is 79.9. The van der Waals surface area contributed by atoms with Gasteiger partial charge in [-0.3, -0.25) is 0 Å². The molecule has 0 atom stereocenters. The Bertz CT molecular complexity index is 481. The lowest BCUT2D eigenvalue weighted by atomic mass is 10.0. The second-order valence-corrected chi connectivity index (χ2v) is 4.66. The first-order chi connectivity index (χ1) is 7.75. The van der Waals surface area contributed by atoms with Gasteiger partial charge in [-0.05, 0) is 35.8 Å². The molecule has 0 aliphatic carbocycles. The van der Waals surface area contributed by atoms with Gasteiger partial charge in [-0.1, -0.05) is 64.5 Å². The summed E-state index contributed by atoms with van der Waals surface area (Å²) in [6, 6.07) is 18.8. The molecule has 0 unspecified atom stereocenters. The molecule has 0 aromatic heterocycles. The topological polar surface area (TPSA) is 0 Å². The summed E-state index contributed by atoms with van der Waals surface area (Å²) in [7, 11) is 0. The molecule has 0 saturated carbocycles. The van der Waals surface area contributed by atoms with Crippen LogP contribution < -0.4 is 0 Å². The Hall–Kier alpha value is -1.34. The third kappa shape index (κ3) is 2.83. The predicted molar refractivity (Wildman–Crippen MR) is 74.1 cm³/mol. The van der Waals surface area contributed by atoms with Crippen LogP contribution in [-0.2, 0) is 0 Å². The summed E-state index contributed by atoms with van der Waals surface area (Å²) >= 11 is 3.44. The molecule has 0 amide bonds. The highest BCUT2D eigenvalue weighted by Gasteiger charge is 1.95. The Balaban J connectivity index is 2.28. The number of halogens is 1. The van der Waals surface area contributed by atoms with Crippen LogP contribution in [0.15, 0.2) is 59.1 Å². The van der Waals surface area contributed by atoms with Crippen LogP contribution in [0.1, 0.15) is 18.1 Å². The number of allylic oxidation sites excluding steroid dienone is 1. The van der Waals surface area contributed by atoms with Gasteiger partial charge in [0.1, 0.15) is 0 Å². The maximum absolute atomic E-state index is 3.44. The zero-order valence-electron chi connectivity index (χ0n) is 9.15. The van der Waals surface area contributed by atoms with Crippen LogP contribution in [0.2, 0.25) is 0 Å². The summed E-state index contributed by atoms with van der Waals surface area (Å²) in [5, 5.41) is 0. The second kappa shape index (κ2) is 5.13. The fourth-order valence-corrected chi connectivity index (χ4v) is 1.86. The van der Waals surface area contributed by atoms with Gasteiger partial charge in [0.15, 0.2) is 0 Å². The smallest absolute Gasteiger partial charge is 0.0175 e. The van der Waals surface area contributed by atoms with Crippen molar-refractivity contribution in [1.29, 1.82) is 0 Å². The molecular weight excluding hydrogens is 260 g/mol. The predicted octanol–water partition coefficient (Wildman–Crippen LogP) is 5.01. The molecule has 2 aromatic carbocycles. The van der Waals surface area contributed by atoms with E-state index in [0.29, 0.717) is 0 Å². The third-order valence-corrected chi connectivity index (χ3v) is 3.01. The fraction of sp³-hybridized carbons (Fsp3) is 0.0667. The van der Waals surface area contributed by atoms with Crippen molar-refractivity contribution in [1.82, 2.24) is 0 Å².